The Bertz CT molecular complexity index is 764. The fourth-order valence-electron chi connectivity index (χ4n) is 2.29. The first-order valence-electron chi connectivity index (χ1n) is 7.52. The predicted molar refractivity (Wildman–Crippen MR) is 100 cm³/mol. The molecule has 6 heteroatoms. The van der Waals surface area contributed by atoms with Gasteiger partial charge in [0.15, 0.2) is 0 Å². The van der Waals surface area contributed by atoms with E-state index in [1.165, 1.54) is 6.92 Å². The minimum absolute atomic E-state index is 0.00587. The molecule has 0 aliphatic rings. The largest absolute Gasteiger partial charge is 0.339 e. The van der Waals surface area contributed by atoms with Crippen LogP contribution in [-0.4, -0.2) is 23.3 Å². The Labute approximate surface area is 154 Å². The number of amides is 2. The fraction of sp³-hybridized carbons (Fsp3) is 0.222. The molecule has 0 unspecified atom stereocenters. The van der Waals surface area contributed by atoms with Crippen molar-refractivity contribution >= 4 is 45.0 Å². The Balaban J connectivity index is 2.25. The molecule has 0 aliphatic carbocycles. The lowest BCUT2D eigenvalue weighted by molar-refractivity contribution is -0.129. The first kappa shape index (κ1) is 18.5. The van der Waals surface area contributed by atoms with Crippen molar-refractivity contribution in [1.29, 1.82) is 0 Å². The van der Waals surface area contributed by atoms with Crippen molar-refractivity contribution < 1.29 is 9.59 Å². The second kappa shape index (κ2) is 8.31. The van der Waals surface area contributed by atoms with Crippen molar-refractivity contribution in [2.24, 2.45) is 0 Å². The van der Waals surface area contributed by atoms with E-state index in [1.54, 1.807) is 23.1 Å². The van der Waals surface area contributed by atoms with Crippen LogP contribution in [0, 0.1) is 0 Å². The molecule has 0 fully saturated rings. The molecule has 0 atom stereocenters. The van der Waals surface area contributed by atoms with Crippen molar-refractivity contribution in [2.45, 2.75) is 20.4 Å². The van der Waals surface area contributed by atoms with Gasteiger partial charge in [-0.05, 0) is 36.8 Å². The van der Waals surface area contributed by atoms with Gasteiger partial charge in [-0.1, -0.05) is 45.7 Å². The van der Waals surface area contributed by atoms with Crippen LogP contribution in [0.3, 0.4) is 0 Å². The number of halogens is 2. The van der Waals surface area contributed by atoms with Gasteiger partial charge in [-0.25, -0.2) is 0 Å². The van der Waals surface area contributed by atoms with Gasteiger partial charge in [0.25, 0.3) is 5.91 Å². The summed E-state index contributed by atoms with van der Waals surface area (Å²) < 4.78 is 0.777. The summed E-state index contributed by atoms with van der Waals surface area (Å²) in [7, 11) is 0. The summed E-state index contributed by atoms with van der Waals surface area (Å²) in [6.45, 7) is 4.50. The van der Waals surface area contributed by atoms with Gasteiger partial charge in [0, 0.05) is 30.2 Å². The van der Waals surface area contributed by atoms with Crippen LogP contribution in [0.15, 0.2) is 46.9 Å². The van der Waals surface area contributed by atoms with E-state index in [1.807, 2.05) is 31.2 Å². The van der Waals surface area contributed by atoms with Gasteiger partial charge in [-0.2, -0.15) is 0 Å². The molecule has 2 rings (SSSR count). The van der Waals surface area contributed by atoms with E-state index >= 15 is 0 Å². The van der Waals surface area contributed by atoms with E-state index in [4.69, 9.17) is 11.6 Å². The van der Waals surface area contributed by atoms with Crippen molar-refractivity contribution in [1.82, 2.24) is 4.90 Å². The second-order valence-corrected chi connectivity index (χ2v) is 6.59. The Morgan fingerprint density at radius 2 is 1.92 bits per heavy atom. The lowest BCUT2D eigenvalue weighted by Crippen LogP contribution is -2.28. The Kier molecular flexibility index (Phi) is 6.40. The van der Waals surface area contributed by atoms with Crippen molar-refractivity contribution in [3.8, 4) is 0 Å². The van der Waals surface area contributed by atoms with Crippen molar-refractivity contribution in [3.05, 3.63) is 63.1 Å². The number of carbonyl (C=O) groups excluding carboxylic acids is 2. The number of anilines is 1. The maximum atomic E-state index is 12.5. The summed E-state index contributed by atoms with van der Waals surface area (Å²) in [4.78, 5) is 25.9. The minimum atomic E-state index is -0.292. The molecule has 4 nitrogen and oxygen atoms in total. The first-order valence-corrected chi connectivity index (χ1v) is 8.69. The fourth-order valence-corrected chi connectivity index (χ4v) is 2.86. The highest BCUT2D eigenvalue weighted by molar-refractivity contribution is 9.10. The molecule has 0 saturated carbocycles. The smallest absolute Gasteiger partial charge is 0.257 e. The standard InChI is InChI=1S/C18H18BrClN2O2/c1-3-22(12(2)23)11-13-6-4-5-7-17(13)21-18(24)15-10-14(19)8-9-16(15)20/h4-10H,3,11H2,1-2H3,(H,21,24). The number of carbonyl (C=O) groups is 2. The molecule has 2 aromatic rings. The molecule has 0 aromatic heterocycles. The molecule has 1 N–H and O–H groups in total. The highest BCUT2D eigenvalue weighted by atomic mass is 79.9. The SMILES string of the molecule is CCN(Cc1ccccc1NC(=O)c1cc(Br)ccc1Cl)C(C)=O. The number of benzene rings is 2. The van der Waals surface area contributed by atoms with Crippen molar-refractivity contribution in [2.75, 3.05) is 11.9 Å². The molecule has 0 spiro atoms. The summed E-state index contributed by atoms with van der Waals surface area (Å²) in [6.07, 6.45) is 0. The maximum absolute atomic E-state index is 12.5. The van der Waals surface area contributed by atoms with Gasteiger partial charge in [-0.3, -0.25) is 9.59 Å². The van der Waals surface area contributed by atoms with Gasteiger partial charge in [0.1, 0.15) is 0 Å². The van der Waals surface area contributed by atoms with Crippen LogP contribution in [0.5, 0.6) is 0 Å². The number of hydrogen-bond donors (Lipinski definition) is 1. The zero-order valence-electron chi connectivity index (χ0n) is 13.5. The van der Waals surface area contributed by atoms with Crippen LogP contribution >= 0.6 is 27.5 Å². The zero-order valence-corrected chi connectivity index (χ0v) is 15.8. The normalized spacial score (nSPS) is 10.3. The third kappa shape index (κ3) is 4.58. The summed E-state index contributed by atoms with van der Waals surface area (Å²) in [5.74, 6) is -0.298. The number of para-hydroxylation sites is 1. The predicted octanol–water partition coefficient (Wildman–Crippen LogP) is 4.72. The third-order valence-corrected chi connectivity index (χ3v) is 4.45. The number of rotatable bonds is 5. The van der Waals surface area contributed by atoms with E-state index in [9.17, 15) is 9.59 Å². The summed E-state index contributed by atoms with van der Waals surface area (Å²) >= 11 is 9.45. The molecule has 24 heavy (non-hydrogen) atoms. The molecule has 0 heterocycles. The summed E-state index contributed by atoms with van der Waals surface area (Å²) in [5.41, 5.74) is 1.92. The highest BCUT2D eigenvalue weighted by Gasteiger charge is 2.15. The van der Waals surface area contributed by atoms with Crippen LogP contribution in [0.2, 0.25) is 5.02 Å². The monoisotopic (exact) mass is 408 g/mol. The van der Waals surface area contributed by atoms with Gasteiger partial charge in [0.05, 0.1) is 10.6 Å². The molecule has 2 amide bonds. The maximum Gasteiger partial charge on any atom is 0.257 e. The molecular formula is C18H18BrClN2O2. The van der Waals surface area contributed by atoms with E-state index in [0.29, 0.717) is 29.4 Å². The van der Waals surface area contributed by atoms with E-state index in [-0.39, 0.29) is 11.8 Å². The lowest BCUT2D eigenvalue weighted by Gasteiger charge is -2.21. The quantitative estimate of drug-likeness (QED) is 0.776. The molecule has 0 saturated heterocycles. The molecule has 2 aromatic carbocycles. The Hall–Kier alpha value is -1.85. The van der Waals surface area contributed by atoms with E-state index in [2.05, 4.69) is 21.2 Å². The number of nitrogens with zero attached hydrogens (tertiary/aromatic N) is 1. The van der Waals surface area contributed by atoms with Gasteiger partial charge < -0.3 is 10.2 Å². The number of nitrogens with one attached hydrogen (secondary N) is 1. The lowest BCUT2D eigenvalue weighted by atomic mass is 10.1. The molecule has 0 aliphatic heterocycles. The molecule has 0 radical (unpaired) electrons. The second-order valence-electron chi connectivity index (χ2n) is 5.27. The van der Waals surface area contributed by atoms with E-state index in [0.717, 1.165) is 10.0 Å². The topological polar surface area (TPSA) is 49.4 Å². The van der Waals surface area contributed by atoms with Gasteiger partial charge in [-0.15, -0.1) is 0 Å². The Morgan fingerprint density at radius 3 is 2.58 bits per heavy atom. The zero-order chi connectivity index (χ0) is 17.7. The molecule has 126 valence electrons. The average molecular weight is 410 g/mol. The van der Waals surface area contributed by atoms with Crippen molar-refractivity contribution in [3.63, 3.8) is 0 Å². The van der Waals surface area contributed by atoms with Crippen LogP contribution < -0.4 is 5.32 Å². The first-order chi connectivity index (χ1) is 11.4. The minimum Gasteiger partial charge on any atom is -0.339 e. The van der Waals surface area contributed by atoms with Crippen LogP contribution in [0.1, 0.15) is 29.8 Å². The summed E-state index contributed by atoms with van der Waals surface area (Å²) in [6, 6.07) is 12.5. The van der Waals surface area contributed by atoms with Crippen LogP contribution in [0.25, 0.3) is 0 Å². The van der Waals surface area contributed by atoms with Gasteiger partial charge >= 0.3 is 0 Å². The van der Waals surface area contributed by atoms with Crippen LogP contribution in [0.4, 0.5) is 5.69 Å². The molecule has 0 bridgehead atoms. The third-order valence-electron chi connectivity index (χ3n) is 3.63. The average Bonchev–Trinajstić information content (AvgIpc) is 2.55. The summed E-state index contributed by atoms with van der Waals surface area (Å²) in [5, 5.41) is 3.26. The number of hydrogen-bond acceptors (Lipinski definition) is 2. The molecular weight excluding hydrogens is 392 g/mol. The van der Waals surface area contributed by atoms with Crippen LogP contribution in [-0.2, 0) is 11.3 Å². The van der Waals surface area contributed by atoms with E-state index < -0.39 is 0 Å². The van der Waals surface area contributed by atoms with Gasteiger partial charge in [0.2, 0.25) is 5.91 Å². The Morgan fingerprint density at radius 1 is 1.21 bits per heavy atom. The highest BCUT2D eigenvalue weighted by Crippen LogP contribution is 2.24.